The molecular formula is C20H24O6. The number of aliphatic hydroxyl groups is 3. The molecule has 2 heterocycles. The summed E-state index contributed by atoms with van der Waals surface area (Å²) in [5.41, 5.74) is -3.15. The largest absolute Gasteiger partial charge is 0.391 e. The molecule has 6 nitrogen and oxygen atoms in total. The predicted octanol–water partition coefficient (Wildman–Crippen LogP) is 0.360. The van der Waals surface area contributed by atoms with Crippen molar-refractivity contribution in [3.05, 3.63) is 24.3 Å². The number of carbonyl (C=O) groups excluding carboxylic acids is 2. The van der Waals surface area contributed by atoms with E-state index in [9.17, 15) is 24.9 Å². The Morgan fingerprint density at radius 3 is 2.58 bits per heavy atom. The van der Waals surface area contributed by atoms with Crippen LogP contribution in [0.1, 0.15) is 26.7 Å². The number of aliphatic hydroxyl groups excluding tert-OH is 2. The minimum absolute atomic E-state index is 0.0542. The normalized spacial score (nSPS) is 56.5. The second kappa shape index (κ2) is 4.38. The minimum Gasteiger partial charge on any atom is -0.391 e. The summed E-state index contributed by atoms with van der Waals surface area (Å²) in [7, 11) is 0. The van der Waals surface area contributed by atoms with Gasteiger partial charge in [0.15, 0.2) is 11.6 Å². The molecule has 0 aromatic heterocycles. The number of ketones is 2. The van der Waals surface area contributed by atoms with E-state index in [1.807, 2.05) is 13.8 Å². The summed E-state index contributed by atoms with van der Waals surface area (Å²) in [6, 6.07) is 0. The van der Waals surface area contributed by atoms with Gasteiger partial charge in [0, 0.05) is 11.8 Å². The molecule has 140 valence electrons. The summed E-state index contributed by atoms with van der Waals surface area (Å²) in [6.45, 7) is 7.63. The van der Waals surface area contributed by atoms with E-state index in [0.29, 0.717) is 12.8 Å². The summed E-state index contributed by atoms with van der Waals surface area (Å²) in [5, 5.41) is 33.8. The highest BCUT2D eigenvalue weighted by molar-refractivity contribution is 6.07. The van der Waals surface area contributed by atoms with E-state index >= 15 is 0 Å². The molecule has 3 saturated carbocycles. The Bertz CT molecular complexity index is 798. The van der Waals surface area contributed by atoms with Crippen molar-refractivity contribution in [3.63, 3.8) is 0 Å². The van der Waals surface area contributed by atoms with Gasteiger partial charge in [-0.2, -0.15) is 0 Å². The SMILES string of the molecule is C=C1C(=O)[C@]23[C@H](O)[C@H]1CC[C@H]2[C@@]12CO[C@@]3(O)[C@@H](O)[C@@H]1C(C)(C)C=CC2=O. The molecule has 6 aliphatic rings. The van der Waals surface area contributed by atoms with E-state index in [-0.39, 0.29) is 18.0 Å². The van der Waals surface area contributed by atoms with E-state index in [0.717, 1.165) is 0 Å². The van der Waals surface area contributed by atoms with E-state index in [1.54, 1.807) is 6.08 Å². The Balaban J connectivity index is 1.85. The van der Waals surface area contributed by atoms with Crippen LogP contribution >= 0.6 is 0 Å². The molecule has 2 saturated heterocycles. The molecule has 26 heavy (non-hydrogen) atoms. The molecule has 8 atom stereocenters. The predicted molar refractivity (Wildman–Crippen MR) is 89.6 cm³/mol. The average molecular weight is 360 g/mol. The molecule has 0 amide bonds. The van der Waals surface area contributed by atoms with Gasteiger partial charge in [0.2, 0.25) is 5.79 Å². The monoisotopic (exact) mass is 360 g/mol. The van der Waals surface area contributed by atoms with Gasteiger partial charge < -0.3 is 20.1 Å². The molecule has 0 unspecified atom stereocenters. The Morgan fingerprint density at radius 2 is 1.88 bits per heavy atom. The smallest absolute Gasteiger partial charge is 0.208 e. The first-order valence-electron chi connectivity index (χ1n) is 9.26. The van der Waals surface area contributed by atoms with Crippen molar-refractivity contribution < 1.29 is 29.6 Å². The Labute approximate surface area is 151 Å². The molecule has 5 fully saturated rings. The molecule has 6 heteroatoms. The lowest BCUT2D eigenvalue weighted by Gasteiger charge is -2.72. The van der Waals surface area contributed by atoms with Crippen LogP contribution in [0.15, 0.2) is 24.3 Å². The van der Waals surface area contributed by atoms with Crippen molar-refractivity contribution in [2.45, 2.75) is 44.7 Å². The van der Waals surface area contributed by atoms with Crippen LogP contribution in [0.5, 0.6) is 0 Å². The lowest BCUT2D eigenvalue weighted by atomic mass is 9.37. The van der Waals surface area contributed by atoms with Crippen LogP contribution in [0.2, 0.25) is 0 Å². The molecule has 4 aliphatic carbocycles. The Morgan fingerprint density at radius 1 is 1.19 bits per heavy atom. The molecule has 4 bridgehead atoms. The Hall–Kier alpha value is -1.34. The molecule has 0 aromatic rings. The number of allylic oxidation sites excluding steroid dienone is 2. The van der Waals surface area contributed by atoms with Crippen molar-refractivity contribution in [3.8, 4) is 0 Å². The highest BCUT2D eigenvalue weighted by atomic mass is 16.6. The number of rotatable bonds is 0. The summed E-state index contributed by atoms with van der Waals surface area (Å²) in [6.07, 6.45) is 1.67. The second-order valence-electron chi connectivity index (χ2n) is 9.37. The number of ether oxygens (including phenoxy) is 1. The fourth-order valence-corrected chi connectivity index (χ4v) is 7.24. The van der Waals surface area contributed by atoms with Gasteiger partial charge in [-0.1, -0.05) is 26.5 Å². The third kappa shape index (κ3) is 1.32. The van der Waals surface area contributed by atoms with Crippen LogP contribution in [0.4, 0.5) is 0 Å². The number of carbonyl (C=O) groups is 2. The van der Waals surface area contributed by atoms with E-state index in [1.165, 1.54) is 6.08 Å². The topological polar surface area (TPSA) is 104 Å². The lowest BCUT2D eigenvalue weighted by Crippen LogP contribution is -2.84. The lowest BCUT2D eigenvalue weighted by molar-refractivity contribution is -0.433. The second-order valence-corrected chi connectivity index (χ2v) is 9.37. The third-order valence-electron chi connectivity index (χ3n) is 8.22. The van der Waals surface area contributed by atoms with Crippen LogP contribution in [-0.2, 0) is 14.3 Å². The Kier molecular flexibility index (Phi) is 2.83. The summed E-state index contributed by atoms with van der Waals surface area (Å²) < 4.78 is 5.71. The zero-order valence-electron chi connectivity index (χ0n) is 14.9. The van der Waals surface area contributed by atoms with Gasteiger partial charge >= 0.3 is 0 Å². The molecule has 3 N–H and O–H groups in total. The molecule has 2 aliphatic heterocycles. The van der Waals surface area contributed by atoms with Crippen molar-refractivity contribution in [1.82, 2.24) is 0 Å². The van der Waals surface area contributed by atoms with Crippen LogP contribution in [0.25, 0.3) is 0 Å². The van der Waals surface area contributed by atoms with E-state index < -0.39 is 57.8 Å². The van der Waals surface area contributed by atoms with Crippen molar-refractivity contribution in [2.24, 2.45) is 34.0 Å². The quantitative estimate of drug-likeness (QED) is 0.539. The van der Waals surface area contributed by atoms with Crippen LogP contribution in [-0.4, -0.2) is 51.5 Å². The minimum atomic E-state index is -2.22. The third-order valence-corrected chi connectivity index (χ3v) is 8.22. The summed E-state index contributed by atoms with van der Waals surface area (Å²) in [5.74, 6) is -4.51. The number of hydrogen-bond donors (Lipinski definition) is 3. The molecule has 2 spiro atoms. The van der Waals surface area contributed by atoms with Crippen molar-refractivity contribution >= 4 is 11.6 Å². The van der Waals surface area contributed by atoms with E-state index in [2.05, 4.69) is 6.58 Å². The van der Waals surface area contributed by atoms with Crippen molar-refractivity contribution in [2.75, 3.05) is 6.61 Å². The standard InChI is InChI=1S/C20H24O6/c1-9-10-4-5-11-18-8-26-20(25,19(11,14(9)22)15(10)23)16(24)13(18)17(2,3)7-6-12(18)21/h6-7,10-11,13,15-16,23-25H,1,4-5,8H2,2-3H3/t10-,11-,13+,15+,16-,18+,19-,20-/m0/s1. The number of fused-ring (bicyclic) bond motifs is 2. The van der Waals surface area contributed by atoms with Crippen LogP contribution in [0, 0.1) is 34.0 Å². The maximum absolute atomic E-state index is 13.3. The first-order chi connectivity index (χ1) is 12.1. The highest BCUT2D eigenvalue weighted by Gasteiger charge is 2.86. The maximum Gasteiger partial charge on any atom is 0.208 e. The molecule has 0 radical (unpaired) electrons. The van der Waals surface area contributed by atoms with Crippen LogP contribution in [0.3, 0.4) is 0 Å². The van der Waals surface area contributed by atoms with Gasteiger partial charge in [-0.25, -0.2) is 0 Å². The van der Waals surface area contributed by atoms with Crippen LogP contribution < -0.4 is 0 Å². The fraction of sp³-hybridized carbons (Fsp3) is 0.700. The summed E-state index contributed by atoms with van der Waals surface area (Å²) >= 11 is 0. The van der Waals surface area contributed by atoms with Gasteiger partial charge in [0.1, 0.15) is 11.5 Å². The first-order valence-corrected chi connectivity index (χ1v) is 9.26. The molecule has 0 aromatic carbocycles. The van der Waals surface area contributed by atoms with Crippen molar-refractivity contribution in [1.29, 1.82) is 0 Å². The van der Waals surface area contributed by atoms with E-state index in [4.69, 9.17) is 4.74 Å². The summed E-state index contributed by atoms with van der Waals surface area (Å²) in [4.78, 5) is 26.5. The number of hydrogen-bond acceptors (Lipinski definition) is 6. The zero-order chi connectivity index (χ0) is 18.9. The molecule has 6 rings (SSSR count). The highest BCUT2D eigenvalue weighted by Crippen LogP contribution is 2.75. The van der Waals surface area contributed by atoms with Gasteiger partial charge in [0.25, 0.3) is 0 Å². The van der Waals surface area contributed by atoms with Gasteiger partial charge in [0.05, 0.1) is 18.1 Å². The first kappa shape index (κ1) is 16.8. The zero-order valence-corrected chi connectivity index (χ0v) is 14.9. The fourth-order valence-electron chi connectivity index (χ4n) is 7.24. The van der Waals surface area contributed by atoms with Gasteiger partial charge in [-0.05, 0) is 35.8 Å². The average Bonchev–Trinajstić information content (AvgIpc) is 2.69. The van der Waals surface area contributed by atoms with Gasteiger partial charge in [-0.3, -0.25) is 9.59 Å². The number of Topliss-reactive ketones (excluding diaryl/α,β-unsaturated/α-hetero) is 1. The molecular weight excluding hydrogens is 336 g/mol. The van der Waals surface area contributed by atoms with Gasteiger partial charge in [-0.15, -0.1) is 0 Å². The maximum atomic E-state index is 13.3.